The van der Waals surface area contributed by atoms with Crippen LogP contribution in [-0.2, 0) is 13.6 Å². The quantitative estimate of drug-likeness (QED) is 0.596. The molecule has 30 heavy (non-hydrogen) atoms. The Morgan fingerprint density at radius 1 is 1.27 bits per heavy atom. The van der Waals surface area contributed by atoms with Gasteiger partial charge >= 0.3 is 6.03 Å². The molecular formula is C23H32N6O. The van der Waals surface area contributed by atoms with Crippen LogP contribution in [0.1, 0.15) is 43.5 Å². The maximum atomic E-state index is 13.2. The number of hydrogen-bond donors (Lipinski definition) is 1. The van der Waals surface area contributed by atoms with Gasteiger partial charge in [-0.2, -0.15) is 5.10 Å². The molecule has 4 rings (SSSR count). The van der Waals surface area contributed by atoms with E-state index in [0.29, 0.717) is 12.5 Å². The molecule has 1 aromatic carbocycles. The number of anilines is 1. The maximum Gasteiger partial charge on any atom is 0.321 e. The molecule has 1 aliphatic carbocycles. The summed E-state index contributed by atoms with van der Waals surface area (Å²) >= 11 is 0. The van der Waals surface area contributed by atoms with Gasteiger partial charge in [0.1, 0.15) is 0 Å². The Hall–Kier alpha value is -2.83. The molecule has 1 aliphatic rings. The van der Waals surface area contributed by atoms with E-state index in [4.69, 9.17) is 0 Å². The Balaban J connectivity index is 1.46. The number of hydrogen-bond acceptors (Lipinski definition) is 3. The fourth-order valence-electron chi connectivity index (χ4n) is 4.51. The summed E-state index contributed by atoms with van der Waals surface area (Å²) in [6, 6.07) is 6.23. The minimum absolute atomic E-state index is 0.0116. The van der Waals surface area contributed by atoms with Crippen LogP contribution < -0.4 is 10.2 Å². The summed E-state index contributed by atoms with van der Waals surface area (Å²) in [4.78, 5) is 19.2. The molecule has 0 aliphatic heterocycles. The molecule has 0 radical (unpaired) electrons. The molecule has 3 aromatic rings. The fraction of sp³-hybridized carbons (Fsp3) is 0.522. The van der Waals surface area contributed by atoms with Gasteiger partial charge in [-0.3, -0.25) is 9.58 Å². The van der Waals surface area contributed by atoms with Crippen LogP contribution >= 0.6 is 0 Å². The smallest absolute Gasteiger partial charge is 0.321 e. The van der Waals surface area contributed by atoms with Crippen LogP contribution in [0.15, 0.2) is 30.7 Å². The largest absolute Gasteiger partial charge is 0.338 e. The Morgan fingerprint density at radius 3 is 2.80 bits per heavy atom. The zero-order valence-electron chi connectivity index (χ0n) is 18.3. The molecule has 1 fully saturated rings. The Kier molecular flexibility index (Phi) is 6.06. The number of carbonyl (C=O) groups excluding carboxylic acids is 1. The predicted octanol–water partition coefficient (Wildman–Crippen LogP) is 4.18. The van der Waals surface area contributed by atoms with Gasteiger partial charge in [0.05, 0.1) is 17.5 Å². The summed E-state index contributed by atoms with van der Waals surface area (Å²) in [5.74, 6) is 0.577. The molecule has 160 valence electrons. The van der Waals surface area contributed by atoms with E-state index in [9.17, 15) is 4.79 Å². The topological polar surface area (TPSA) is 68.0 Å². The van der Waals surface area contributed by atoms with Gasteiger partial charge in [0.2, 0.25) is 0 Å². The number of urea groups is 1. The first-order valence-electron chi connectivity index (χ1n) is 11.0. The monoisotopic (exact) mass is 408 g/mol. The SMILES string of the molecule is Cc1nn(C)c2cc(N(CC3CCCC3)C(=O)NCCCn3cncc3C)ccc12. The normalized spacial score (nSPS) is 14.5. The number of fused-ring (bicyclic) bond motifs is 1. The van der Waals surface area contributed by atoms with Crippen molar-refractivity contribution < 1.29 is 4.79 Å². The highest BCUT2D eigenvalue weighted by Crippen LogP contribution is 2.29. The molecule has 7 heteroatoms. The van der Waals surface area contributed by atoms with Crippen molar-refractivity contribution in [1.82, 2.24) is 24.6 Å². The van der Waals surface area contributed by atoms with E-state index in [2.05, 4.69) is 38.2 Å². The molecule has 0 saturated heterocycles. The van der Waals surface area contributed by atoms with Crippen molar-refractivity contribution in [2.45, 2.75) is 52.5 Å². The van der Waals surface area contributed by atoms with Crippen LogP contribution in [0.25, 0.3) is 10.9 Å². The van der Waals surface area contributed by atoms with E-state index in [0.717, 1.165) is 47.5 Å². The average molecular weight is 409 g/mol. The first-order chi connectivity index (χ1) is 14.5. The molecule has 2 amide bonds. The summed E-state index contributed by atoms with van der Waals surface area (Å²) in [5.41, 5.74) is 4.16. The zero-order chi connectivity index (χ0) is 21.1. The van der Waals surface area contributed by atoms with Gasteiger partial charge in [0.25, 0.3) is 0 Å². The number of carbonyl (C=O) groups is 1. The highest BCUT2D eigenvalue weighted by molar-refractivity contribution is 5.95. The summed E-state index contributed by atoms with van der Waals surface area (Å²) in [6.45, 7) is 6.34. The third kappa shape index (κ3) is 4.35. The zero-order valence-corrected chi connectivity index (χ0v) is 18.3. The summed E-state index contributed by atoms with van der Waals surface area (Å²) in [7, 11) is 1.96. The van der Waals surface area contributed by atoms with E-state index in [1.807, 2.05) is 43.0 Å². The number of aryl methyl sites for hydroxylation is 4. The van der Waals surface area contributed by atoms with Gasteiger partial charge in [-0.1, -0.05) is 12.8 Å². The molecule has 0 bridgehead atoms. The number of amides is 2. The van der Waals surface area contributed by atoms with Crippen LogP contribution in [0.4, 0.5) is 10.5 Å². The summed E-state index contributed by atoms with van der Waals surface area (Å²) < 4.78 is 4.01. The fourth-order valence-corrected chi connectivity index (χ4v) is 4.51. The van der Waals surface area contributed by atoms with Crippen molar-refractivity contribution in [2.24, 2.45) is 13.0 Å². The predicted molar refractivity (Wildman–Crippen MR) is 120 cm³/mol. The lowest BCUT2D eigenvalue weighted by molar-refractivity contribution is 0.244. The van der Waals surface area contributed by atoms with E-state index in [-0.39, 0.29) is 6.03 Å². The highest BCUT2D eigenvalue weighted by atomic mass is 16.2. The minimum Gasteiger partial charge on any atom is -0.338 e. The average Bonchev–Trinajstić information content (AvgIpc) is 3.45. The number of imidazole rings is 1. The lowest BCUT2D eigenvalue weighted by Crippen LogP contribution is -2.43. The maximum absolute atomic E-state index is 13.2. The van der Waals surface area contributed by atoms with Crippen LogP contribution in [0.3, 0.4) is 0 Å². The minimum atomic E-state index is -0.0116. The highest BCUT2D eigenvalue weighted by Gasteiger charge is 2.23. The van der Waals surface area contributed by atoms with Crippen molar-refractivity contribution in [1.29, 1.82) is 0 Å². The molecule has 0 atom stereocenters. The second-order valence-corrected chi connectivity index (χ2v) is 8.49. The number of aromatic nitrogens is 4. The third-order valence-corrected chi connectivity index (χ3v) is 6.26. The first kappa shape index (κ1) is 20.4. The number of nitrogens with one attached hydrogen (secondary N) is 1. The van der Waals surface area contributed by atoms with Crippen molar-refractivity contribution in [3.8, 4) is 0 Å². The molecule has 0 unspecified atom stereocenters. The molecular weight excluding hydrogens is 376 g/mol. The van der Waals surface area contributed by atoms with Crippen LogP contribution in [0.5, 0.6) is 0 Å². The molecule has 2 heterocycles. The number of rotatable bonds is 7. The molecule has 2 aromatic heterocycles. The summed E-state index contributed by atoms with van der Waals surface area (Å²) in [6.07, 6.45) is 9.52. The Morgan fingerprint density at radius 2 is 2.07 bits per heavy atom. The lowest BCUT2D eigenvalue weighted by Gasteiger charge is -2.26. The van der Waals surface area contributed by atoms with E-state index in [1.165, 1.54) is 25.7 Å². The van der Waals surface area contributed by atoms with Crippen molar-refractivity contribution in [3.05, 3.63) is 42.1 Å². The van der Waals surface area contributed by atoms with Crippen molar-refractivity contribution in [3.63, 3.8) is 0 Å². The van der Waals surface area contributed by atoms with Gasteiger partial charge in [0.15, 0.2) is 0 Å². The van der Waals surface area contributed by atoms with Gasteiger partial charge in [-0.15, -0.1) is 0 Å². The van der Waals surface area contributed by atoms with Crippen LogP contribution in [-0.4, -0.2) is 38.5 Å². The Bertz CT molecular complexity index is 1010. The van der Waals surface area contributed by atoms with E-state index >= 15 is 0 Å². The number of benzene rings is 1. The molecule has 1 N–H and O–H groups in total. The van der Waals surface area contributed by atoms with Gasteiger partial charge in [0, 0.05) is 49.6 Å². The number of nitrogens with zero attached hydrogens (tertiary/aromatic N) is 5. The van der Waals surface area contributed by atoms with Crippen LogP contribution in [0, 0.1) is 19.8 Å². The second-order valence-electron chi connectivity index (χ2n) is 8.49. The summed E-state index contributed by atoms with van der Waals surface area (Å²) in [5, 5.41) is 8.79. The van der Waals surface area contributed by atoms with Gasteiger partial charge in [-0.25, -0.2) is 9.78 Å². The van der Waals surface area contributed by atoms with Gasteiger partial charge < -0.3 is 9.88 Å². The van der Waals surface area contributed by atoms with Gasteiger partial charge in [-0.05, 0) is 57.2 Å². The Labute approximate surface area is 178 Å². The van der Waals surface area contributed by atoms with E-state index in [1.54, 1.807) is 0 Å². The third-order valence-electron chi connectivity index (χ3n) is 6.26. The second kappa shape index (κ2) is 8.90. The molecule has 0 spiro atoms. The lowest BCUT2D eigenvalue weighted by atomic mass is 10.1. The molecule has 7 nitrogen and oxygen atoms in total. The van der Waals surface area contributed by atoms with Crippen molar-refractivity contribution in [2.75, 3.05) is 18.0 Å². The first-order valence-corrected chi connectivity index (χ1v) is 11.0. The van der Waals surface area contributed by atoms with E-state index < -0.39 is 0 Å². The van der Waals surface area contributed by atoms with Crippen molar-refractivity contribution >= 4 is 22.6 Å². The molecule has 1 saturated carbocycles. The van der Waals surface area contributed by atoms with Crippen LogP contribution in [0.2, 0.25) is 0 Å². The standard InChI is InChI=1S/C23H32N6O/c1-17-14-24-16-28(17)12-6-11-25-23(30)29(15-19-7-4-5-8-19)20-9-10-21-18(2)26-27(3)22(21)13-20/h9-10,13-14,16,19H,4-8,11-12,15H2,1-3H3,(H,25,30).